The normalized spacial score (nSPS) is 11.1. The molecule has 0 aliphatic heterocycles. The zero-order valence-corrected chi connectivity index (χ0v) is 12.2. The van der Waals surface area contributed by atoms with E-state index in [1.54, 1.807) is 30.3 Å². The van der Waals surface area contributed by atoms with E-state index >= 15 is 0 Å². The van der Waals surface area contributed by atoms with Crippen LogP contribution in [0, 0.1) is 0 Å². The van der Waals surface area contributed by atoms with Gasteiger partial charge in [-0.05, 0) is 48.5 Å². The van der Waals surface area contributed by atoms with Crippen LogP contribution in [0.2, 0.25) is 5.02 Å². The lowest BCUT2D eigenvalue weighted by Gasteiger charge is -2.07. The number of sulfone groups is 1. The van der Waals surface area contributed by atoms with E-state index in [4.69, 9.17) is 16.3 Å². The molecule has 20 heavy (non-hydrogen) atoms. The molecule has 0 heterocycles. The Morgan fingerprint density at radius 3 is 2.00 bits per heavy atom. The van der Waals surface area contributed by atoms with E-state index in [0.717, 1.165) is 0 Å². The van der Waals surface area contributed by atoms with Crippen molar-refractivity contribution < 1.29 is 13.2 Å². The highest BCUT2D eigenvalue weighted by Gasteiger charge is 2.17. The van der Waals surface area contributed by atoms with Gasteiger partial charge < -0.3 is 4.74 Å². The molecule has 0 N–H and O–H groups in total. The lowest BCUT2D eigenvalue weighted by atomic mass is 10.3. The summed E-state index contributed by atoms with van der Waals surface area (Å²) in [4.78, 5) is 0.424. The van der Waals surface area contributed by atoms with Crippen molar-refractivity contribution >= 4 is 21.4 Å². The van der Waals surface area contributed by atoms with Crippen LogP contribution in [0.1, 0.15) is 0 Å². The number of benzene rings is 2. The Balaban J connectivity index is 2.30. The van der Waals surface area contributed by atoms with Crippen molar-refractivity contribution in [2.75, 3.05) is 6.61 Å². The maximum atomic E-state index is 12.4. The van der Waals surface area contributed by atoms with Crippen LogP contribution in [0.15, 0.2) is 71.0 Å². The molecule has 0 atom stereocenters. The molecule has 0 unspecified atom stereocenters. The molecule has 2 aromatic carbocycles. The molecule has 104 valence electrons. The molecule has 0 aromatic heterocycles. The number of hydrogen-bond acceptors (Lipinski definition) is 3. The van der Waals surface area contributed by atoms with Gasteiger partial charge in [-0.15, -0.1) is 0 Å². The molecule has 0 bridgehead atoms. The average molecular weight is 309 g/mol. The van der Waals surface area contributed by atoms with Crippen molar-refractivity contribution in [3.05, 3.63) is 66.2 Å². The SMILES string of the molecule is C=CCOc1ccc(S(=O)(=O)c2ccc(Cl)cc2)cc1. The minimum Gasteiger partial charge on any atom is -0.490 e. The van der Waals surface area contributed by atoms with E-state index < -0.39 is 9.84 Å². The largest absolute Gasteiger partial charge is 0.490 e. The van der Waals surface area contributed by atoms with Gasteiger partial charge in [0.2, 0.25) is 9.84 Å². The first-order valence-corrected chi connectivity index (χ1v) is 7.74. The number of rotatable bonds is 5. The molecule has 0 amide bonds. The van der Waals surface area contributed by atoms with Crippen molar-refractivity contribution in [3.8, 4) is 5.75 Å². The van der Waals surface area contributed by atoms with Crippen LogP contribution >= 0.6 is 11.6 Å². The molecule has 0 saturated carbocycles. The van der Waals surface area contributed by atoms with Crippen LogP contribution in [0.3, 0.4) is 0 Å². The fourth-order valence-electron chi connectivity index (χ4n) is 1.62. The smallest absolute Gasteiger partial charge is 0.206 e. The van der Waals surface area contributed by atoms with E-state index in [9.17, 15) is 8.42 Å². The lowest BCUT2D eigenvalue weighted by molar-refractivity contribution is 0.363. The zero-order valence-electron chi connectivity index (χ0n) is 10.6. The van der Waals surface area contributed by atoms with Crippen LogP contribution in [-0.4, -0.2) is 15.0 Å². The molecule has 0 fully saturated rings. The monoisotopic (exact) mass is 308 g/mol. The third kappa shape index (κ3) is 3.21. The third-order valence-electron chi connectivity index (χ3n) is 2.63. The summed E-state index contributed by atoms with van der Waals surface area (Å²) in [5.41, 5.74) is 0. The lowest BCUT2D eigenvalue weighted by Crippen LogP contribution is -2.02. The van der Waals surface area contributed by atoms with Crippen molar-refractivity contribution in [1.82, 2.24) is 0 Å². The minimum absolute atomic E-state index is 0.210. The summed E-state index contributed by atoms with van der Waals surface area (Å²) in [6.07, 6.45) is 1.62. The first-order valence-electron chi connectivity index (χ1n) is 5.88. The van der Waals surface area contributed by atoms with Gasteiger partial charge in [0.15, 0.2) is 0 Å². The molecule has 3 nitrogen and oxygen atoms in total. The molecule has 2 aromatic rings. The van der Waals surface area contributed by atoms with Crippen molar-refractivity contribution in [1.29, 1.82) is 0 Å². The summed E-state index contributed by atoms with van der Waals surface area (Å²) in [5.74, 6) is 0.597. The minimum atomic E-state index is -3.53. The number of halogens is 1. The van der Waals surface area contributed by atoms with Crippen molar-refractivity contribution in [3.63, 3.8) is 0 Å². The molecule has 0 spiro atoms. The van der Waals surface area contributed by atoms with Crippen LogP contribution in [0.4, 0.5) is 0 Å². The Morgan fingerprint density at radius 2 is 1.50 bits per heavy atom. The van der Waals surface area contributed by atoms with Gasteiger partial charge in [-0.1, -0.05) is 24.3 Å². The Hall–Kier alpha value is -1.78. The summed E-state index contributed by atoms with van der Waals surface area (Å²) >= 11 is 5.76. The Morgan fingerprint density at radius 1 is 1.00 bits per heavy atom. The summed E-state index contributed by atoms with van der Waals surface area (Å²) in [6.45, 7) is 3.93. The fraction of sp³-hybridized carbons (Fsp3) is 0.0667. The highest BCUT2D eigenvalue weighted by molar-refractivity contribution is 7.91. The van der Waals surface area contributed by atoms with Crippen LogP contribution in [0.25, 0.3) is 0 Å². The van der Waals surface area contributed by atoms with E-state index in [1.165, 1.54) is 24.3 Å². The molecular formula is C15H13ClO3S. The summed E-state index contributed by atoms with van der Waals surface area (Å²) in [7, 11) is -3.53. The molecule has 0 saturated heterocycles. The van der Waals surface area contributed by atoms with Crippen LogP contribution < -0.4 is 4.74 Å². The predicted molar refractivity (Wildman–Crippen MR) is 79.0 cm³/mol. The van der Waals surface area contributed by atoms with Gasteiger partial charge in [0.05, 0.1) is 9.79 Å². The van der Waals surface area contributed by atoms with Gasteiger partial charge in [0.25, 0.3) is 0 Å². The van der Waals surface area contributed by atoms with E-state index in [0.29, 0.717) is 17.4 Å². The van der Waals surface area contributed by atoms with E-state index in [-0.39, 0.29) is 9.79 Å². The van der Waals surface area contributed by atoms with E-state index in [1.807, 2.05) is 0 Å². The van der Waals surface area contributed by atoms with Gasteiger partial charge in [0, 0.05) is 5.02 Å². The van der Waals surface area contributed by atoms with Gasteiger partial charge >= 0.3 is 0 Å². The Bertz CT molecular complexity index is 689. The Labute approximate surface area is 123 Å². The summed E-state index contributed by atoms with van der Waals surface area (Å²) in [5, 5.41) is 0.497. The standard InChI is InChI=1S/C15H13ClO3S/c1-2-11-19-13-5-9-15(10-6-13)20(17,18)14-7-3-12(16)4-8-14/h2-10H,1,11H2. The summed E-state index contributed by atoms with van der Waals surface area (Å²) < 4.78 is 30.1. The van der Waals surface area contributed by atoms with Gasteiger partial charge in [0.1, 0.15) is 12.4 Å². The maximum absolute atomic E-state index is 12.4. The molecule has 0 aliphatic carbocycles. The maximum Gasteiger partial charge on any atom is 0.206 e. The van der Waals surface area contributed by atoms with Gasteiger partial charge in [-0.25, -0.2) is 8.42 Å². The Kier molecular flexibility index (Phi) is 4.47. The average Bonchev–Trinajstić information content (AvgIpc) is 2.46. The molecule has 0 aliphatic rings. The van der Waals surface area contributed by atoms with E-state index in [2.05, 4.69) is 6.58 Å². The summed E-state index contributed by atoms with van der Waals surface area (Å²) in [6, 6.07) is 12.3. The van der Waals surface area contributed by atoms with Crippen molar-refractivity contribution in [2.45, 2.75) is 9.79 Å². The van der Waals surface area contributed by atoms with Crippen LogP contribution in [0.5, 0.6) is 5.75 Å². The van der Waals surface area contributed by atoms with Crippen LogP contribution in [-0.2, 0) is 9.84 Å². The number of ether oxygens (including phenoxy) is 1. The fourth-order valence-corrected chi connectivity index (χ4v) is 3.01. The third-order valence-corrected chi connectivity index (χ3v) is 4.66. The highest BCUT2D eigenvalue weighted by atomic mass is 35.5. The molecule has 0 radical (unpaired) electrons. The first kappa shape index (κ1) is 14.6. The quantitative estimate of drug-likeness (QED) is 0.790. The molecule has 5 heteroatoms. The van der Waals surface area contributed by atoms with Gasteiger partial charge in [-0.3, -0.25) is 0 Å². The molecular weight excluding hydrogens is 296 g/mol. The first-order chi connectivity index (χ1) is 9.54. The highest BCUT2D eigenvalue weighted by Crippen LogP contribution is 2.24. The zero-order chi connectivity index (χ0) is 14.6. The second-order valence-electron chi connectivity index (χ2n) is 4.03. The topological polar surface area (TPSA) is 43.4 Å². The number of hydrogen-bond donors (Lipinski definition) is 0. The van der Waals surface area contributed by atoms with Gasteiger partial charge in [-0.2, -0.15) is 0 Å². The molecule has 2 rings (SSSR count). The second-order valence-corrected chi connectivity index (χ2v) is 6.41. The second kappa shape index (κ2) is 6.11. The predicted octanol–water partition coefficient (Wildman–Crippen LogP) is 3.74. The van der Waals surface area contributed by atoms with Crippen molar-refractivity contribution in [2.24, 2.45) is 0 Å².